The summed E-state index contributed by atoms with van der Waals surface area (Å²) in [6.07, 6.45) is -3.35. The van der Waals surface area contributed by atoms with E-state index in [0.29, 0.717) is 23.2 Å². The molecule has 1 aromatic heterocycles. The summed E-state index contributed by atoms with van der Waals surface area (Å²) in [6, 6.07) is 7.92. The van der Waals surface area contributed by atoms with Crippen molar-refractivity contribution in [3.63, 3.8) is 0 Å². The number of nitrogens with one attached hydrogen (secondary N) is 2. The van der Waals surface area contributed by atoms with Crippen LogP contribution in [0.25, 0.3) is 0 Å². The topological polar surface area (TPSA) is 131 Å². The SMILES string of the molecule is COC(O)c1ccc(NC(O)C(CC(C)C)NC(=O)C(CC(O)O)c2ccsc2)cc1. The minimum atomic E-state index is -1.62. The van der Waals surface area contributed by atoms with E-state index < -0.39 is 30.8 Å². The smallest absolute Gasteiger partial charge is 0.228 e. The fourth-order valence-electron chi connectivity index (χ4n) is 3.29. The molecule has 0 bridgehead atoms. The molecule has 2 aromatic rings. The van der Waals surface area contributed by atoms with Crippen molar-refractivity contribution in [2.75, 3.05) is 12.4 Å². The van der Waals surface area contributed by atoms with Crippen LogP contribution in [0.1, 0.15) is 50.0 Å². The van der Waals surface area contributed by atoms with Gasteiger partial charge in [0.2, 0.25) is 5.91 Å². The number of carbonyl (C=O) groups excluding carboxylic acids is 1. The molecular formula is C22H32N2O6S. The monoisotopic (exact) mass is 452 g/mol. The summed E-state index contributed by atoms with van der Waals surface area (Å²) < 4.78 is 4.87. The summed E-state index contributed by atoms with van der Waals surface area (Å²) in [7, 11) is 1.40. The maximum absolute atomic E-state index is 13.0. The molecule has 172 valence electrons. The van der Waals surface area contributed by atoms with Crippen LogP contribution in [0.5, 0.6) is 0 Å². The highest BCUT2D eigenvalue weighted by molar-refractivity contribution is 7.08. The first-order chi connectivity index (χ1) is 14.7. The van der Waals surface area contributed by atoms with Gasteiger partial charge in [-0.3, -0.25) is 4.79 Å². The predicted molar refractivity (Wildman–Crippen MR) is 119 cm³/mol. The van der Waals surface area contributed by atoms with Gasteiger partial charge in [-0.1, -0.05) is 26.0 Å². The Bertz CT molecular complexity index is 782. The molecule has 0 fully saturated rings. The number of aliphatic hydroxyl groups excluding tert-OH is 3. The van der Waals surface area contributed by atoms with E-state index in [1.807, 2.05) is 19.2 Å². The first-order valence-corrected chi connectivity index (χ1v) is 11.1. The predicted octanol–water partition coefficient (Wildman–Crippen LogP) is 2.13. The molecule has 6 N–H and O–H groups in total. The second-order valence-electron chi connectivity index (χ2n) is 7.87. The van der Waals surface area contributed by atoms with Crippen molar-refractivity contribution in [3.8, 4) is 0 Å². The van der Waals surface area contributed by atoms with Gasteiger partial charge in [-0.25, -0.2) is 0 Å². The molecule has 1 aromatic carbocycles. The van der Waals surface area contributed by atoms with E-state index in [1.165, 1.54) is 18.4 Å². The summed E-state index contributed by atoms with van der Waals surface area (Å²) >= 11 is 1.42. The van der Waals surface area contributed by atoms with E-state index in [9.17, 15) is 25.2 Å². The number of hydrogen-bond donors (Lipinski definition) is 6. The highest BCUT2D eigenvalue weighted by Gasteiger charge is 2.29. The van der Waals surface area contributed by atoms with Crippen LogP contribution in [-0.2, 0) is 9.53 Å². The molecule has 31 heavy (non-hydrogen) atoms. The number of thiophene rings is 1. The van der Waals surface area contributed by atoms with E-state index in [0.717, 1.165) is 0 Å². The molecule has 1 amide bonds. The lowest BCUT2D eigenvalue weighted by Crippen LogP contribution is -2.49. The quantitative estimate of drug-likeness (QED) is 0.272. The summed E-state index contributed by atoms with van der Waals surface area (Å²) in [6.45, 7) is 3.97. The summed E-state index contributed by atoms with van der Waals surface area (Å²) in [5.41, 5.74) is 1.90. The van der Waals surface area contributed by atoms with Gasteiger partial charge in [0.15, 0.2) is 12.6 Å². The van der Waals surface area contributed by atoms with Gasteiger partial charge in [-0.05, 0) is 46.9 Å². The Kier molecular flexibility index (Phi) is 9.89. The molecule has 2 rings (SSSR count). The van der Waals surface area contributed by atoms with Crippen molar-refractivity contribution in [1.29, 1.82) is 0 Å². The minimum Gasteiger partial charge on any atom is -0.372 e. The molecule has 0 radical (unpaired) electrons. The van der Waals surface area contributed by atoms with Crippen LogP contribution in [0, 0.1) is 5.92 Å². The third-order valence-electron chi connectivity index (χ3n) is 4.88. The average molecular weight is 453 g/mol. The number of aliphatic hydroxyl groups is 4. The van der Waals surface area contributed by atoms with E-state index in [2.05, 4.69) is 10.6 Å². The number of hydrogen-bond acceptors (Lipinski definition) is 8. The van der Waals surface area contributed by atoms with Crippen molar-refractivity contribution >= 4 is 22.9 Å². The van der Waals surface area contributed by atoms with Crippen LogP contribution in [0.15, 0.2) is 41.1 Å². The number of carbonyl (C=O) groups is 1. The lowest BCUT2D eigenvalue weighted by Gasteiger charge is -2.29. The number of anilines is 1. The lowest BCUT2D eigenvalue weighted by molar-refractivity contribution is -0.127. The third-order valence-corrected chi connectivity index (χ3v) is 5.58. The second kappa shape index (κ2) is 12.1. The summed E-state index contributed by atoms with van der Waals surface area (Å²) in [5, 5.41) is 48.8. The average Bonchev–Trinajstić information content (AvgIpc) is 3.25. The van der Waals surface area contributed by atoms with E-state index in [4.69, 9.17) is 4.74 Å². The molecule has 0 saturated carbocycles. The van der Waals surface area contributed by atoms with Crippen LogP contribution >= 0.6 is 11.3 Å². The lowest BCUT2D eigenvalue weighted by atomic mass is 9.95. The molecular weight excluding hydrogens is 420 g/mol. The van der Waals surface area contributed by atoms with E-state index >= 15 is 0 Å². The Balaban J connectivity index is 2.11. The van der Waals surface area contributed by atoms with Gasteiger partial charge in [0.25, 0.3) is 0 Å². The van der Waals surface area contributed by atoms with Crippen molar-refractivity contribution in [2.24, 2.45) is 5.92 Å². The number of rotatable bonds is 12. The van der Waals surface area contributed by atoms with Gasteiger partial charge < -0.3 is 35.8 Å². The molecule has 0 aliphatic heterocycles. The molecule has 1 heterocycles. The summed E-state index contributed by atoms with van der Waals surface area (Å²) in [4.78, 5) is 13.0. The molecule has 4 atom stereocenters. The Hall–Kier alpha value is -2.01. The largest absolute Gasteiger partial charge is 0.372 e. The second-order valence-corrected chi connectivity index (χ2v) is 8.65. The fourth-order valence-corrected chi connectivity index (χ4v) is 4.00. The Labute approximate surface area is 186 Å². The molecule has 0 saturated heterocycles. The zero-order valence-electron chi connectivity index (χ0n) is 17.9. The Morgan fingerprint density at radius 1 is 1.03 bits per heavy atom. The molecule has 0 aliphatic rings. The number of amides is 1. The Morgan fingerprint density at radius 2 is 1.71 bits per heavy atom. The standard InChI is InChI=1S/C22H32N2O6S/c1-13(2)10-18(21(28)23-16-6-4-14(5-7-16)22(29)30-3)24-20(27)17(11-19(25)26)15-8-9-31-12-15/h4-9,12-13,17-19,21-23,25-26,28-29H,10-11H2,1-3H3,(H,24,27). The normalized spacial score (nSPS) is 15.5. The van der Waals surface area contributed by atoms with Gasteiger partial charge >= 0.3 is 0 Å². The zero-order valence-corrected chi connectivity index (χ0v) is 18.7. The molecule has 0 aliphatic carbocycles. The maximum Gasteiger partial charge on any atom is 0.228 e. The first kappa shape index (κ1) is 25.3. The molecule has 9 heteroatoms. The van der Waals surface area contributed by atoms with Gasteiger partial charge in [0.1, 0.15) is 6.23 Å². The van der Waals surface area contributed by atoms with Gasteiger partial charge in [0.05, 0.1) is 12.0 Å². The van der Waals surface area contributed by atoms with Crippen molar-refractivity contribution in [1.82, 2.24) is 5.32 Å². The van der Waals surface area contributed by atoms with Crippen molar-refractivity contribution < 1.29 is 30.0 Å². The van der Waals surface area contributed by atoms with Crippen molar-refractivity contribution in [3.05, 3.63) is 52.2 Å². The minimum absolute atomic E-state index is 0.135. The van der Waals surface area contributed by atoms with Crippen LogP contribution in [0.4, 0.5) is 5.69 Å². The molecule has 0 spiro atoms. The zero-order chi connectivity index (χ0) is 23.0. The van der Waals surface area contributed by atoms with Crippen LogP contribution in [0.3, 0.4) is 0 Å². The van der Waals surface area contributed by atoms with Crippen molar-refractivity contribution in [2.45, 2.75) is 57.5 Å². The van der Waals surface area contributed by atoms with Gasteiger partial charge in [-0.2, -0.15) is 11.3 Å². The number of benzene rings is 1. The van der Waals surface area contributed by atoms with Crippen LogP contribution in [0.2, 0.25) is 0 Å². The number of methoxy groups -OCH3 is 1. The number of ether oxygens (including phenoxy) is 1. The van der Waals surface area contributed by atoms with Gasteiger partial charge in [-0.15, -0.1) is 0 Å². The molecule has 4 unspecified atom stereocenters. The van der Waals surface area contributed by atoms with Crippen LogP contribution < -0.4 is 10.6 Å². The molecule has 8 nitrogen and oxygen atoms in total. The summed E-state index contributed by atoms with van der Waals surface area (Å²) in [5.74, 6) is -0.913. The van der Waals surface area contributed by atoms with Crippen LogP contribution in [-0.4, -0.2) is 52.0 Å². The van der Waals surface area contributed by atoms with E-state index in [1.54, 1.807) is 35.7 Å². The fraction of sp³-hybridized carbons (Fsp3) is 0.500. The van der Waals surface area contributed by atoms with E-state index in [-0.39, 0.29) is 18.2 Å². The highest BCUT2D eigenvalue weighted by atomic mass is 32.1. The highest BCUT2D eigenvalue weighted by Crippen LogP contribution is 2.25. The third kappa shape index (κ3) is 7.88. The van der Waals surface area contributed by atoms with Gasteiger partial charge in [0, 0.05) is 24.8 Å². The maximum atomic E-state index is 13.0. The Morgan fingerprint density at radius 3 is 2.23 bits per heavy atom. The first-order valence-electron chi connectivity index (χ1n) is 10.1.